The second-order valence-corrected chi connectivity index (χ2v) is 6.65. The second-order valence-electron chi connectivity index (χ2n) is 6.65. The Labute approximate surface area is 157 Å². The third-order valence-electron chi connectivity index (χ3n) is 4.81. The van der Waals surface area contributed by atoms with Crippen LogP contribution in [0, 0.1) is 0 Å². The van der Waals surface area contributed by atoms with Crippen molar-refractivity contribution in [3.8, 4) is 0 Å². The Morgan fingerprint density at radius 3 is 2.52 bits per heavy atom. The number of carbonyl (C=O) groups is 4. The Bertz CT molecular complexity index is 771. The predicted molar refractivity (Wildman–Crippen MR) is 97.5 cm³/mol. The zero-order chi connectivity index (χ0) is 19.4. The van der Waals surface area contributed by atoms with E-state index in [2.05, 4.69) is 10.6 Å². The lowest BCUT2D eigenvalue weighted by Crippen LogP contribution is -2.40. The molecule has 1 heterocycles. The van der Waals surface area contributed by atoms with Gasteiger partial charge < -0.3 is 15.4 Å². The number of fused-ring (bicyclic) bond motifs is 1. The van der Waals surface area contributed by atoms with E-state index in [0.717, 1.165) is 32.1 Å². The highest BCUT2D eigenvalue weighted by atomic mass is 16.5. The maximum absolute atomic E-state index is 12.7. The van der Waals surface area contributed by atoms with Gasteiger partial charge >= 0.3 is 12.0 Å². The highest BCUT2D eigenvalue weighted by Crippen LogP contribution is 2.32. The number of carbonyl (C=O) groups excluding carboxylic acids is 4. The molecule has 8 nitrogen and oxygen atoms in total. The molecule has 1 aliphatic carbocycles. The molecule has 1 fully saturated rings. The van der Waals surface area contributed by atoms with Gasteiger partial charge in [-0.25, -0.2) is 4.79 Å². The summed E-state index contributed by atoms with van der Waals surface area (Å²) >= 11 is 0. The number of urea groups is 1. The summed E-state index contributed by atoms with van der Waals surface area (Å²) in [7, 11) is 0. The number of anilines is 1. The Kier molecular flexibility index (Phi) is 5.73. The molecular weight excluding hydrogens is 350 g/mol. The van der Waals surface area contributed by atoms with E-state index in [0.29, 0.717) is 16.8 Å². The van der Waals surface area contributed by atoms with Gasteiger partial charge in [-0.05, 0) is 38.0 Å². The van der Waals surface area contributed by atoms with E-state index < -0.39 is 12.0 Å². The summed E-state index contributed by atoms with van der Waals surface area (Å²) < 4.78 is 4.73. The fourth-order valence-corrected chi connectivity index (χ4v) is 3.55. The molecule has 0 bridgehead atoms. The summed E-state index contributed by atoms with van der Waals surface area (Å²) in [5.74, 6) is -1.11. The minimum atomic E-state index is -0.594. The smallest absolute Gasteiger partial charge is 0.325 e. The van der Waals surface area contributed by atoms with Crippen LogP contribution in [0.1, 0.15) is 59.7 Å². The van der Waals surface area contributed by atoms with Crippen LogP contribution in [0.25, 0.3) is 0 Å². The fraction of sp³-hybridized carbons (Fsp3) is 0.474. The lowest BCUT2D eigenvalue weighted by Gasteiger charge is -2.29. The number of hydrogen-bond acceptors (Lipinski definition) is 5. The van der Waals surface area contributed by atoms with Crippen molar-refractivity contribution in [1.82, 2.24) is 10.2 Å². The van der Waals surface area contributed by atoms with Gasteiger partial charge in [0.2, 0.25) is 0 Å². The number of rotatable bonds is 5. The van der Waals surface area contributed by atoms with E-state index in [-0.39, 0.29) is 31.0 Å². The Hall–Kier alpha value is -2.90. The van der Waals surface area contributed by atoms with E-state index in [4.69, 9.17) is 4.74 Å². The molecular formula is C19H23N3O5. The van der Waals surface area contributed by atoms with Gasteiger partial charge in [-0.15, -0.1) is 0 Å². The first kappa shape index (κ1) is 18.9. The largest absolute Gasteiger partial charge is 0.465 e. The van der Waals surface area contributed by atoms with Gasteiger partial charge in [0.25, 0.3) is 11.8 Å². The van der Waals surface area contributed by atoms with Crippen molar-refractivity contribution >= 4 is 29.5 Å². The van der Waals surface area contributed by atoms with E-state index in [9.17, 15) is 19.2 Å². The predicted octanol–water partition coefficient (Wildman–Crippen LogP) is 2.30. The average Bonchev–Trinajstić information content (AvgIpc) is 2.91. The minimum absolute atomic E-state index is 0.0459. The Morgan fingerprint density at radius 2 is 1.81 bits per heavy atom. The van der Waals surface area contributed by atoms with Crippen molar-refractivity contribution in [2.24, 2.45) is 0 Å². The standard InChI is InChI=1S/C19H23N3O5/c1-2-27-16(23)11-20-19(26)21-12-8-9-14-15(10-12)18(25)22(17(14)24)13-6-4-3-5-7-13/h8-10,13H,2-7,11H2,1H3,(H2,20,21,26). The molecule has 144 valence electrons. The lowest BCUT2D eigenvalue weighted by atomic mass is 9.94. The van der Waals surface area contributed by atoms with Gasteiger partial charge in [0, 0.05) is 11.7 Å². The Balaban J connectivity index is 1.66. The zero-order valence-electron chi connectivity index (χ0n) is 15.2. The van der Waals surface area contributed by atoms with Gasteiger partial charge in [-0.2, -0.15) is 0 Å². The molecule has 1 aromatic carbocycles. The summed E-state index contributed by atoms with van der Waals surface area (Å²) in [6.07, 6.45) is 4.85. The molecule has 2 aliphatic rings. The van der Waals surface area contributed by atoms with Crippen LogP contribution in [0.4, 0.5) is 10.5 Å². The summed E-state index contributed by atoms with van der Waals surface area (Å²) in [5, 5.41) is 4.94. The van der Waals surface area contributed by atoms with Crippen molar-refractivity contribution < 1.29 is 23.9 Å². The highest BCUT2D eigenvalue weighted by molar-refractivity contribution is 6.22. The number of hydrogen-bond donors (Lipinski definition) is 2. The monoisotopic (exact) mass is 373 g/mol. The fourth-order valence-electron chi connectivity index (χ4n) is 3.55. The quantitative estimate of drug-likeness (QED) is 0.609. The van der Waals surface area contributed by atoms with Crippen LogP contribution < -0.4 is 10.6 Å². The lowest BCUT2D eigenvalue weighted by molar-refractivity contribution is -0.141. The second kappa shape index (κ2) is 8.20. The van der Waals surface area contributed by atoms with Crippen molar-refractivity contribution in [3.63, 3.8) is 0 Å². The van der Waals surface area contributed by atoms with Crippen molar-refractivity contribution in [2.45, 2.75) is 45.1 Å². The molecule has 1 saturated carbocycles. The summed E-state index contributed by atoms with van der Waals surface area (Å²) in [4.78, 5) is 49.9. The van der Waals surface area contributed by atoms with E-state index in [1.165, 1.54) is 11.0 Å². The molecule has 0 unspecified atom stereocenters. The molecule has 0 spiro atoms. The number of amides is 4. The average molecular weight is 373 g/mol. The van der Waals surface area contributed by atoms with Crippen LogP contribution >= 0.6 is 0 Å². The maximum Gasteiger partial charge on any atom is 0.325 e. The van der Waals surface area contributed by atoms with Crippen molar-refractivity contribution in [3.05, 3.63) is 29.3 Å². The molecule has 3 rings (SSSR count). The molecule has 1 aliphatic heterocycles. The number of esters is 1. The van der Waals surface area contributed by atoms with Gasteiger partial charge in [-0.1, -0.05) is 19.3 Å². The van der Waals surface area contributed by atoms with Crippen molar-refractivity contribution in [1.29, 1.82) is 0 Å². The van der Waals surface area contributed by atoms with Crippen LogP contribution in [-0.4, -0.2) is 47.9 Å². The SMILES string of the molecule is CCOC(=O)CNC(=O)Nc1ccc2c(c1)C(=O)N(C1CCCCC1)C2=O. The van der Waals surface area contributed by atoms with Crippen LogP contribution in [0.3, 0.4) is 0 Å². The summed E-state index contributed by atoms with van der Waals surface area (Å²) in [6, 6.07) is 3.99. The van der Waals surface area contributed by atoms with E-state index in [1.807, 2.05) is 0 Å². The van der Waals surface area contributed by atoms with E-state index >= 15 is 0 Å². The van der Waals surface area contributed by atoms with Crippen molar-refractivity contribution in [2.75, 3.05) is 18.5 Å². The van der Waals surface area contributed by atoms with Crippen LogP contribution in [0.5, 0.6) is 0 Å². The number of nitrogens with zero attached hydrogens (tertiary/aromatic N) is 1. The molecule has 2 N–H and O–H groups in total. The third-order valence-corrected chi connectivity index (χ3v) is 4.81. The molecule has 27 heavy (non-hydrogen) atoms. The van der Waals surface area contributed by atoms with E-state index in [1.54, 1.807) is 19.1 Å². The topological polar surface area (TPSA) is 105 Å². The molecule has 0 radical (unpaired) electrons. The molecule has 4 amide bonds. The van der Waals surface area contributed by atoms with Gasteiger partial charge in [0.15, 0.2) is 0 Å². The first-order valence-corrected chi connectivity index (χ1v) is 9.23. The molecule has 0 saturated heterocycles. The number of ether oxygens (including phenoxy) is 1. The molecule has 0 atom stereocenters. The van der Waals surface area contributed by atoms with Gasteiger partial charge in [0.1, 0.15) is 6.54 Å². The van der Waals surface area contributed by atoms with Crippen LogP contribution in [0.15, 0.2) is 18.2 Å². The van der Waals surface area contributed by atoms with Crippen LogP contribution in [0.2, 0.25) is 0 Å². The molecule has 0 aromatic heterocycles. The van der Waals surface area contributed by atoms with Gasteiger partial charge in [0.05, 0.1) is 17.7 Å². The normalized spacial score (nSPS) is 16.9. The van der Waals surface area contributed by atoms with Crippen LogP contribution in [-0.2, 0) is 9.53 Å². The summed E-state index contributed by atoms with van der Waals surface area (Å²) in [5.41, 5.74) is 1.04. The van der Waals surface area contributed by atoms with Gasteiger partial charge in [-0.3, -0.25) is 19.3 Å². The number of benzene rings is 1. The maximum atomic E-state index is 12.7. The molecule has 8 heteroatoms. The third kappa shape index (κ3) is 4.10. The zero-order valence-corrected chi connectivity index (χ0v) is 15.2. The Morgan fingerprint density at radius 1 is 1.11 bits per heavy atom. The first-order chi connectivity index (χ1) is 13.0. The summed E-state index contributed by atoms with van der Waals surface area (Å²) in [6.45, 7) is 1.66. The highest BCUT2D eigenvalue weighted by Gasteiger charge is 2.40. The molecule has 1 aromatic rings. The number of nitrogens with one attached hydrogen (secondary N) is 2. The minimum Gasteiger partial charge on any atom is -0.465 e. The number of imide groups is 1. The first-order valence-electron chi connectivity index (χ1n) is 9.23.